The van der Waals surface area contributed by atoms with Crippen LogP contribution >= 0.6 is 0 Å². The molecule has 0 saturated heterocycles. The Kier molecular flexibility index (Phi) is 4.07. The molecule has 2 rings (SSSR count). The lowest BCUT2D eigenvalue weighted by Crippen LogP contribution is -2.40. The molecule has 2 aliphatic carbocycles. The second-order valence-corrected chi connectivity index (χ2v) is 6.06. The summed E-state index contributed by atoms with van der Waals surface area (Å²) in [5.41, 5.74) is 0. The average molecular weight is 209 g/mol. The van der Waals surface area contributed by atoms with E-state index >= 15 is 0 Å². The van der Waals surface area contributed by atoms with Crippen LogP contribution in [0.25, 0.3) is 0 Å². The molecule has 0 aromatic rings. The minimum atomic E-state index is 0.801. The third-order valence-corrected chi connectivity index (χ3v) is 4.05. The molecule has 15 heavy (non-hydrogen) atoms. The predicted molar refractivity (Wildman–Crippen MR) is 65.9 cm³/mol. The van der Waals surface area contributed by atoms with Gasteiger partial charge in [-0.05, 0) is 50.0 Å². The summed E-state index contributed by atoms with van der Waals surface area (Å²) in [4.78, 5) is 0. The molecule has 1 unspecified atom stereocenters. The van der Waals surface area contributed by atoms with Crippen molar-refractivity contribution in [2.75, 3.05) is 6.54 Å². The molecule has 0 spiro atoms. The van der Waals surface area contributed by atoms with Crippen LogP contribution in [0.5, 0.6) is 0 Å². The molecule has 0 heterocycles. The molecule has 1 atom stereocenters. The van der Waals surface area contributed by atoms with Gasteiger partial charge in [-0.15, -0.1) is 0 Å². The van der Waals surface area contributed by atoms with Crippen molar-refractivity contribution in [1.29, 1.82) is 0 Å². The van der Waals surface area contributed by atoms with E-state index in [1.807, 2.05) is 0 Å². The van der Waals surface area contributed by atoms with Crippen LogP contribution in [0.4, 0.5) is 0 Å². The van der Waals surface area contributed by atoms with Crippen LogP contribution in [0.15, 0.2) is 0 Å². The maximum Gasteiger partial charge on any atom is 0.0124 e. The minimum Gasteiger partial charge on any atom is -0.313 e. The summed E-state index contributed by atoms with van der Waals surface area (Å²) in [5, 5.41) is 3.85. The lowest BCUT2D eigenvalue weighted by molar-refractivity contribution is 0.242. The van der Waals surface area contributed by atoms with Crippen LogP contribution in [0, 0.1) is 17.8 Å². The highest BCUT2D eigenvalue weighted by Gasteiger charge is 2.36. The molecular formula is C14H27N. The summed E-state index contributed by atoms with van der Waals surface area (Å²) in [7, 11) is 0. The predicted octanol–water partition coefficient (Wildman–Crippen LogP) is 3.59. The van der Waals surface area contributed by atoms with Gasteiger partial charge in [0.05, 0.1) is 0 Å². The van der Waals surface area contributed by atoms with E-state index < -0.39 is 0 Å². The molecule has 0 amide bonds. The fraction of sp³-hybridized carbons (Fsp3) is 1.00. The first-order valence-corrected chi connectivity index (χ1v) is 7.00. The van der Waals surface area contributed by atoms with E-state index in [1.165, 1.54) is 51.5 Å². The van der Waals surface area contributed by atoms with Gasteiger partial charge in [0, 0.05) is 6.04 Å². The monoisotopic (exact) mass is 209 g/mol. The zero-order chi connectivity index (χ0) is 10.7. The molecule has 1 heteroatoms. The molecule has 88 valence electrons. The first-order valence-electron chi connectivity index (χ1n) is 7.00. The van der Waals surface area contributed by atoms with E-state index in [2.05, 4.69) is 19.2 Å². The summed E-state index contributed by atoms with van der Waals surface area (Å²) in [5.74, 6) is 2.84. The Bertz CT molecular complexity index is 178. The van der Waals surface area contributed by atoms with Crippen molar-refractivity contribution in [3.63, 3.8) is 0 Å². The summed E-state index contributed by atoms with van der Waals surface area (Å²) < 4.78 is 0. The molecule has 2 saturated carbocycles. The quantitative estimate of drug-likeness (QED) is 0.729. The Morgan fingerprint density at radius 3 is 2.07 bits per heavy atom. The molecular weight excluding hydrogens is 182 g/mol. The largest absolute Gasteiger partial charge is 0.313 e. The van der Waals surface area contributed by atoms with Crippen LogP contribution in [0.3, 0.4) is 0 Å². The second kappa shape index (κ2) is 5.34. The highest BCUT2D eigenvalue weighted by Crippen LogP contribution is 2.40. The normalized spacial score (nSPS) is 25.8. The van der Waals surface area contributed by atoms with Gasteiger partial charge in [0.2, 0.25) is 0 Å². The third-order valence-electron chi connectivity index (χ3n) is 4.05. The Morgan fingerprint density at radius 2 is 1.53 bits per heavy atom. The van der Waals surface area contributed by atoms with Crippen molar-refractivity contribution in [3.8, 4) is 0 Å². The number of nitrogens with one attached hydrogen (secondary N) is 1. The van der Waals surface area contributed by atoms with Crippen LogP contribution < -0.4 is 5.32 Å². The molecule has 0 aliphatic heterocycles. The van der Waals surface area contributed by atoms with Gasteiger partial charge in [0.25, 0.3) is 0 Å². The van der Waals surface area contributed by atoms with Gasteiger partial charge < -0.3 is 5.32 Å². The molecule has 2 aliphatic rings. The number of hydrogen-bond donors (Lipinski definition) is 1. The van der Waals surface area contributed by atoms with Crippen LogP contribution in [-0.2, 0) is 0 Å². The first-order chi connectivity index (χ1) is 7.27. The van der Waals surface area contributed by atoms with Crippen molar-refractivity contribution in [2.45, 2.75) is 64.8 Å². The van der Waals surface area contributed by atoms with E-state index in [0.717, 1.165) is 23.8 Å². The fourth-order valence-corrected chi connectivity index (χ4v) is 3.04. The van der Waals surface area contributed by atoms with E-state index in [9.17, 15) is 0 Å². The van der Waals surface area contributed by atoms with Crippen LogP contribution in [0.1, 0.15) is 58.8 Å². The van der Waals surface area contributed by atoms with Crippen molar-refractivity contribution in [2.24, 2.45) is 17.8 Å². The average Bonchev–Trinajstić information content (AvgIpc) is 3.03. The number of hydrogen-bond acceptors (Lipinski definition) is 1. The Labute approximate surface area is 95.0 Å². The van der Waals surface area contributed by atoms with Gasteiger partial charge in [-0.1, -0.05) is 33.1 Å². The topological polar surface area (TPSA) is 12.0 Å². The van der Waals surface area contributed by atoms with Gasteiger partial charge in [-0.25, -0.2) is 0 Å². The fourth-order valence-electron chi connectivity index (χ4n) is 3.04. The zero-order valence-electron chi connectivity index (χ0n) is 10.5. The lowest BCUT2D eigenvalue weighted by Gasteiger charge is -2.31. The lowest BCUT2D eigenvalue weighted by atomic mass is 9.82. The Hall–Kier alpha value is -0.0400. The van der Waals surface area contributed by atoms with Gasteiger partial charge in [0.15, 0.2) is 0 Å². The van der Waals surface area contributed by atoms with Gasteiger partial charge in [-0.2, -0.15) is 0 Å². The summed E-state index contributed by atoms with van der Waals surface area (Å²) in [6.45, 7) is 5.85. The molecule has 0 aromatic heterocycles. The Morgan fingerprint density at radius 1 is 0.933 bits per heavy atom. The van der Waals surface area contributed by atoms with Crippen molar-refractivity contribution < 1.29 is 0 Å². The smallest absolute Gasteiger partial charge is 0.0124 e. The molecule has 1 nitrogen and oxygen atoms in total. The van der Waals surface area contributed by atoms with Crippen molar-refractivity contribution in [3.05, 3.63) is 0 Å². The SMILES string of the molecule is CC(C)CNC(C1CCCCC1)C1CC1. The van der Waals surface area contributed by atoms with Gasteiger partial charge in [-0.3, -0.25) is 0 Å². The van der Waals surface area contributed by atoms with Crippen LogP contribution in [-0.4, -0.2) is 12.6 Å². The highest BCUT2D eigenvalue weighted by molar-refractivity contribution is 4.91. The zero-order valence-corrected chi connectivity index (χ0v) is 10.5. The van der Waals surface area contributed by atoms with Gasteiger partial charge in [0.1, 0.15) is 0 Å². The molecule has 0 radical (unpaired) electrons. The highest BCUT2D eigenvalue weighted by atomic mass is 14.9. The van der Waals surface area contributed by atoms with Crippen LogP contribution in [0.2, 0.25) is 0 Å². The minimum absolute atomic E-state index is 0.801. The molecule has 2 fully saturated rings. The standard InChI is InChI=1S/C14H27N/c1-11(2)10-15-14(13-8-9-13)12-6-4-3-5-7-12/h11-15H,3-10H2,1-2H3. The third kappa shape index (κ3) is 3.48. The van der Waals surface area contributed by atoms with E-state index in [-0.39, 0.29) is 0 Å². The first kappa shape index (κ1) is 11.4. The Balaban J connectivity index is 1.81. The second-order valence-electron chi connectivity index (χ2n) is 6.06. The summed E-state index contributed by atoms with van der Waals surface area (Å²) in [6.07, 6.45) is 10.4. The van der Waals surface area contributed by atoms with Crippen molar-refractivity contribution in [1.82, 2.24) is 5.32 Å². The van der Waals surface area contributed by atoms with Crippen molar-refractivity contribution >= 4 is 0 Å². The van der Waals surface area contributed by atoms with E-state index in [1.54, 1.807) is 0 Å². The summed E-state index contributed by atoms with van der Waals surface area (Å²) >= 11 is 0. The molecule has 0 bridgehead atoms. The molecule has 0 aromatic carbocycles. The van der Waals surface area contributed by atoms with E-state index in [0.29, 0.717) is 0 Å². The van der Waals surface area contributed by atoms with Gasteiger partial charge >= 0.3 is 0 Å². The maximum absolute atomic E-state index is 3.85. The maximum atomic E-state index is 3.85. The molecule has 1 N–H and O–H groups in total. The van der Waals surface area contributed by atoms with E-state index in [4.69, 9.17) is 0 Å². The summed E-state index contributed by atoms with van der Waals surface area (Å²) in [6, 6.07) is 0.868. The number of rotatable bonds is 5.